The van der Waals surface area contributed by atoms with Gasteiger partial charge in [-0.25, -0.2) is 20.4 Å². The van der Waals surface area contributed by atoms with Gasteiger partial charge in [-0.2, -0.15) is 5.26 Å². The molecule has 2 aromatic rings. The molecule has 0 spiro atoms. The molecule has 9 nitrogen and oxygen atoms in total. The minimum Gasteiger partial charge on any atom is -0.381 e. The van der Waals surface area contributed by atoms with E-state index in [0.717, 1.165) is 60.7 Å². The van der Waals surface area contributed by atoms with Crippen LogP contribution in [0.1, 0.15) is 45.4 Å². The van der Waals surface area contributed by atoms with Crippen LogP contribution in [0.3, 0.4) is 0 Å². The van der Waals surface area contributed by atoms with Gasteiger partial charge in [-0.15, -0.1) is 11.3 Å². The molecule has 0 aromatic carbocycles. The minimum absolute atomic E-state index is 0.202. The molecule has 1 saturated carbocycles. The fourth-order valence-electron chi connectivity index (χ4n) is 5.14. The first-order valence-electron chi connectivity index (χ1n) is 12.7. The van der Waals surface area contributed by atoms with Gasteiger partial charge in [0.25, 0.3) is 0 Å². The van der Waals surface area contributed by atoms with Gasteiger partial charge in [0.1, 0.15) is 12.0 Å². The molecule has 0 bridgehead atoms. The summed E-state index contributed by atoms with van der Waals surface area (Å²) in [6, 6.07) is 5.78. The molecule has 2 aromatic heterocycles. The highest BCUT2D eigenvalue weighted by Crippen LogP contribution is 2.35. The van der Waals surface area contributed by atoms with E-state index in [1.807, 2.05) is 11.4 Å². The van der Waals surface area contributed by atoms with Crippen LogP contribution in [0.5, 0.6) is 0 Å². The monoisotopic (exact) mass is 531 g/mol. The number of nitrogens with one attached hydrogen (secondary N) is 3. The number of aromatic nitrogens is 2. The quantitative estimate of drug-likeness (QED) is 0.403. The SMILES string of the molecule is CO[C@@H]1[C@@H](C)N1NC1CCC(Nc2cc(-c3csc(NCC4(C#N)CCOCC4)n3)c(Cl)cn2)CC1. The molecule has 3 aliphatic rings. The van der Waals surface area contributed by atoms with Crippen molar-refractivity contribution >= 4 is 33.9 Å². The van der Waals surface area contributed by atoms with Crippen LogP contribution in [0.15, 0.2) is 17.6 Å². The number of hydrazine groups is 1. The summed E-state index contributed by atoms with van der Waals surface area (Å²) in [5.41, 5.74) is 4.88. The predicted octanol–water partition coefficient (Wildman–Crippen LogP) is 4.50. The predicted molar refractivity (Wildman–Crippen MR) is 142 cm³/mol. The number of nitriles is 1. The Labute approximate surface area is 221 Å². The first kappa shape index (κ1) is 25.6. The number of ether oxygens (including phenoxy) is 2. The van der Waals surface area contributed by atoms with Crippen LogP contribution < -0.4 is 16.1 Å². The summed E-state index contributed by atoms with van der Waals surface area (Å²) in [7, 11) is 1.76. The van der Waals surface area contributed by atoms with Gasteiger partial charge < -0.3 is 20.1 Å². The first-order valence-corrected chi connectivity index (χ1v) is 13.9. The molecule has 1 unspecified atom stereocenters. The van der Waals surface area contributed by atoms with E-state index in [9.17, 15) is 5.26 Å². The highest BCUT2D eigenvalue weighted by molar-refractivity contribution is 7.14. The zero-order chi connectivity index (χ0) is 25.1. The van der Waals surface area contributed by atoms with Gasteiger partial charge in [-0.1, -0.05) is 11.6 Å². The number of nitrogens with zero attached hydrogens (tertiary/aromatic N) is 4. The molecule has 3 fully saturated rings. The zero-order valence-corrected chi connectivity index (χ0v) is 22.4. The largest absolute Gasteiger partial charge is 0.381 e. The zero-order valence-electron chi connectivity index (χ0n) is 20.8. The Hall–Kier alpha value is -2.00. The highest BCUT2D eigenvalue weighted by atomic mass is 35.5. The fourth-order valence-corrected chi connectivity index (χ4v) is 6.05. The van der Waals surface area contributed by atoms with Crippen molar-refractivity contribution in [1.82, 2.24) is 20.4 Å². The maximum absolute atomic E-state index is 9.69. The van der Waals surface area contributed by atoms with Crippen LogP contribution in [0.4, 0.5) is 10.9 Å². The molecule has 3 N–H and O–H groups in total. The number of thiazole rings is 1. The van der Waals surface area contributed by atoms with Crippen LogP contribution in [-0.2, 0) is 9.47 Å². The van der Waals surface area contributed by atoms with Crippen LogP contribution in [0.2, 0.25) is 5.02 Å². The average molecular weight is 532 g/mol. The van der Waals surface area contributed by atoms with Gasteiger partial charge in [0.2, 0.25) is 0 Å². The summed E-state index contributed by atoms with van der Waals surface area (Å²) in [4.78, 5) is 9.27. The number of hydrogen-bond donors (Lipinski definition) is 3. The number of rotatable bonds is 9. The van der Waals surface area contributed by atoms with Gasteiger partial charge >= 0.3 is 0 Å². The van der Waals surface area contributed by atoms with Crippen LogP contribution in [0, 0.1) is 16.7 Å². The Morgan fingerprint density at radius 1 is 1.28 bits per heavy atom. The number of hydrogen-bond acceptors (Lipinski definition) is 10. The summed E-state index contributed by atoms with van der Waals surface area (Å²) >= 11 is 8.03. The summed E-state index contributed by atoms with van der Waals surface area (Å²) in [5.74, 6) is 0.818. The van der Waals surface area contributed by atoms with E-state index in [4.69, 9.17) is 26.1 Å². The number of methoxy groups -OCH3 is 1. The smallest absolute Gasteiger partial charge is 0.183 e. The lowest BCUT2D eigenvalue weighted by molar-refractivity contribution is 0.0456. The molecule has 1 aliphatic carbocycles. The first-order chi connectivity index (χ1) is 17.5. The maximum atomic E-state index is 9.69. The van der Waals surface area contributed by atoms with Crippen LogP contribution in [0.25, 0.3) is 11.3 Å². The van der Waals surface area contributed by atoms with Gasteiger partial charge in [-0.05, 0) is 51.5 Å². The summed E-state index contributed by atoms with van der Waals surface area (Å²) in [6.07, 6.45) is 7.74. The lowest BCUT2D eigenvalue weighted by Gasteiger charge is -2.30. The van der Waals surface area contributed by atoms with Crippen molar-refractivity contribution in [3.63, 3.8) is 0 Å². The standard InChI is InChI=1S/C25H34ClN7O2S/c1-16-23(34-2)33(16)32-18-5-3-17(4-6-18)30-22-11-19(20(26)12-28-22)21-13-36-24(31-21)29-15-25(14-27)7-9-35-10-8-25/h11-13,16-18,23,32H,3-10,15H2,1-2H3,(H,28,30)(H,29,31)/t16-,17?,18?,23-,33?/m1/s1. The van der Waals surface area contributed by atoms with Gasteiger partial charge in [0.05, 0.1) is 28.2 Å². The Morgan fingerprint density at radius 3 is 2.72 bits per heavy atom. The second-order valence-corrected chi connectivity index (χ2v) is 11.3. The second-order valence-electron chi connectivity index (χ2n) is 10.0. The summed E-state index contributed by atoms with van der Waals surface area (Å²) < 4.78 is 10.9. The van der Waals surface area contributed by atoms with Crippen LogP contribution >= 0.6 is 22.9 Å². The molecular weight excluding hydrogens is 498 g/mol. The molecule has 36 heavy (non-hydrogen) atoms. The van der Waals surface area contributed by atoms with Gasteiger partial charge in [-0.3, -0.25) is 0 Å². The molecular formula is C25H34ClN7O2S. The fraction of sp³-hybridized carbons (Fsp3) is 0.640. The molecule has 3 atom stereocenters. The molecule has 0 amide bonds. The molecule has 0 radical (unpaired) electrons. The minimum atomic E-state index is -0.399. The van der Waals surface area contributed by atoms with E-state index in [0.29, 0.717) is 42.9 Å². The summed E-state index contributed by atoms with van der Waals surface area (Å²) in [6.45, 7) is 4.00. The van der Waals surface area contributed by atoms with E-state index in [1.54, 1.807) is 13.3 Å². The average Bonchev–Trinajstić information content (AvgIpc) is 3.28. The molecule has 11 heteroatoms. The van der Waals surface area contributed by atoms with Crippen molar-refractivity contribution in [2.24, 2.45) is 5.41 Å². The van der Waals surface area contributed by atoms with Crippen molar-refractivity contribution in [2.45, 2.75) is 69.8 Å². The number of anilines is 2. The topological polar surface area (TPSA) is 107 Å². The normalized spacial score (nSPS) is 29.3. The lowest BCUT2D eigenvalue weighted by atomic mass is 9.82. The van der Waals surface area contributed by atoms with E-state index in [-0.39, 0.29) is 6.23 Å². The molecule has 5 rings (SSSR count). The number of halogens is 1. The van der Waals surface area contributed by atoms with Crippen LogP contribution in [-0.4, -0.2) is 66.2 Å². The third kappa shape index (κ3) is 5.77. The third-order valence-corrected chi connectivity index (χ3v) is 8.69. The van der Waals surface area contributed by atoms with Crippen molar-refractivity contribution in [2.75, 3.05) is 37.5 Å². The van der Waals surface area contributed by atoms with E-state index < -0.39 is 5.41 Å². The Bertz CT molecular complexity index is 1080. The molecule has 194 valence electrons. The molecule has 4 heterocycles. The Morgan fingerprint density at radius 2 is 2.03 bits per heavy atom. The van der Waals surface area contributed by atoms with Gasteiger partial charge in [0, 0.05) is 56.1 Å². The third-order valence-electron chi connectivity index (χ3n) is 7.59. The molecule has 2 saturated heterocycles. The van der Waals surface area contributed by atoms with E-state index in [2.05, 4.69) is 39.0 Å². The lowest BCUT2D eigenvalue weighted by Crippen LogP contribution is -2.40. The van der Waals surface area contributed by atoms with Crippen molar-refractivity contribution in [3.05, 3.63) is 22.7 Å². The Balaban J connectivity index is 1.16. The Kier molecular flexibility index (Phi) is 7.96. The second kappa shape index (κ2) is 11.2. The van der Waals surface area contributed by atoms with Crippen molar-refractivity contribution < 1.29 is 9.47 Å². The highest BCUT2D eigenvalue weighted by Gasteiger charge is 2.45. The van der Waals surface area contributed by atoms with E-state index >= 15 is 0 Å². The number of pyridine rings is 1. The maximum Gasteiger partial charge on any atom is 0.183 e. The summed E-state index contributed by atoms with van der Waals surface area (Å²) in [5, 5.41) is 22.2. The van der Waals surface area contributed by atoms with Crippen molar-refractivity contribution in [1.29, 1.82) is 5.26 Å². The molecule has 2 aliphatic heterocycles. The van der Waals surface area contributed by atoms with Gasteiger partial charge in [0.15, 0.2) is 5.13 Å². The van der Waals surface area contributed by atoms with Crippen molar-refractivity contribution in [3.8, 4) is 17.3 Å². The van der Waals surface area contributed by atoms with E-state index in [1.165, 1.54) is 11.3 Å².